The zero-order valence-electron chi connectivity index (χ0n) is 8.91. The Bertz CT molecular complexity index is 247. The Hall–Kier alpha value is -1.08. The van der Waals surface area contributed by atoms with Crippen LogP contribution in [0.25, 0.3) is 0 Å². The lowest BCUT2D eigenvalue weighted by molar-refractivity contribution is -0.143. The van der Waals surface area contributed by atoms with Crippen LogP contribution >= 0.6 is 0 Å². The Morgan fingerprint density at radius 3 is 3.00 bits per heavy atom. The first-order valence-electron chi connectivity index (χ1n) is 5.57. The Labute approximate surface area is 90.3 Å². The van der Waals surface area contributed by atoms with Crippen LogP contribution in [0.15, 0.2) is 0 Å². The summed E-state index contributed by atoms with van der Waals surface area (Å²) in [5, 5.41) is 20.6. The van der Waals surface area contributed by atoms with Gasteiger partial charge in [0.05, 0.1) is 12.0 Å². The molecule has 1 aliphatic rings. The number of hydrogen-bond acceptors (Lipinski definition) is 3. The number of unbranched alkanes of at least 4 members (excludes halogenated alkanes) is 1. The Kier molecular flexibility index (Phi) is 5.13. The molecule has 1 aliphatic carbocycles. The van der Waals surface area contributed by atoms with Crippen LogP contribution < -0.4 is 5.32 Å². The average molecular weight is 210 g/mol. The summed E-state index contributed by atoms with van der Waals surface area (Å²) in [6.07, 6.45) is 5.03. The van der Waals surface area contributed by atoms with E-state index in [2.05, 4.69) is 11.4 Å². The van der Waals surface area contributed by atoms with E-state index in [0.717, 1.165) is 38.6 Å². The van der Waals surface area contributed by atoms with Crippen molar-refractivity contribution in [3.05, 3.63) is 0 Å². The molecule has 15 heavy (non-hydrogen) atoms. The van der Waals surface area contributed by atoms with Crippen molar-refractivity contribution in [2.24, 2.45) is 5.92 Å². The summed E-state index contributed by atoms with van der Waals surface area (Å²) in [6.45, 7) is 0.824. The van der Waals surface area contributed by atoms with Gasteiger partial charge in [-0.1, -0.05) is 6.42 Å². The third kappa shape index (κ3) is 4.30. The normalized spacial score (nSPS) is 25.8. The molecule has 1 saturated carbocycles. The first-order valence-corrected chi connectivity index (χ1v) is 5.57. The molecular weight excluding hydrogens is 192 g/mol. The number of nitriles is 1. The van der Waals surface area contributed by atoms with Crippen LogP contribution in [0, 0.1) is 17.2 Å². The van der Waals surface area contributed by atoms with Gasteiger partial charge in [0.2, 0.25) is 0 Å². The summed E-state index contributed by atoms with van der Waals surface area (Å²) >= 11 is 0. The number of carbonyl (C=O) groups is 1. The van der Waals surface area contributed by atoms with E-state index in [4.69, 9.17) is 10.4 Å². The van der Waals surface area contributed by atoms with Gasteiger partial charge in [0.15, 0.2) is 0 Å². The highest BCUT2D eigenvalue weighted by atomic mass is 16.4. The van der Waals surface area contributed by atoms with Crippen molar-refractivity contribution >= 4 is 5.97 Å². The first-order chi connectivity index (χ1) is 7.24. The Morgan fingerprint density at radius 1 is 1.53 bits per heavy atom. The maximum absolute atomic E-state index is 10.8. The summed E-state index contributed by atoms with van der Waals surface area (Å²) in [5.74, 6) is -0.842. The minimum Gasteiger partial charge on any atom is -0.481 e. The smallest absolute Gasteiger partial charge is 0.306 e. The molecule has 0 spiro atoms. The molecule has 2 atom stereocenters. The molecule has 2 N–H and O–H groups in total. The minimum absolute atomic E-state index is 0.174. The number of carboxylic acids is 1. The van der Waals surface area contributed by atoms with Gasteiger partial charge in [-0.3, -0.25) is 4.79 Å². The number of aliphatic carboxylic acids is 1. The number of rotatable bonds is 5. The lowest BCUT2D eigenvalue weighted by Gasteiger charge is -2.27. The molecule has 0 amide bonds. The predicted octanol–water partition coefficient (Wildman–Crippen LogP) is 1.52. The molecule has 0 bridgehead atoms. The molecule has 0 saturated heterocycles. The van der Waals surface area contributed by atoms with Gasteiger partial charge in [0.1, 0.15) is 0 Å². The molecular formula is C11H18N2O2. The molecule has 0 aromatic heterocycles. The van der Waals surface area contributed by atoms with Crippen LogP contribution in [0.2, 0.25) is 0 Å². The van der Waals surface area contributed by atoms with Crippen LogP contribution in [0.3, 0.4) is 0 Å². The molecule has 0 radical (unpaired) electrons. The zero-order chi connectivity index (χ0) is 11.1. The highest BCUT2D eigenvalue weighted by Gasteiger charge is 2.26. The van der Waals surface area contributed by atoms with Crippen molar-refractivity contribution in [1.29, 1.82) is 5.26 Å². The second kappa shape index (κ2) is 6.41. The van der Waals surface area contributed by atoms with E-state index in [9.17, 15) is 4.79 Å². The third-order valence-corrected chi connectivity index (χ3v) is 2.92. The van der Waals surface area contributed by atoms with Crippen molar-refractivity contribution in [3.63, 3.8) is 0 Å². The second-order valence-electron chi connectivity index (χ2n) is 4.11. The number of nitrogens with one attached hydrogen (secondary N) is 1. The highest BCUT2D eigenvalue weighted by Crippen LogP contribution is 2.24. The van der Waals surface area contributed by atoms with Gasteiger partial charge < -0.3 is 10.4 Å². The van der Waals surface area contributed by atoms with Crippen molar-refractivity contribution in [2.75, 3.05) is 6.54 Å². The second-order valence-corrected chi connectivity index (χ2v) is 4.11. The van der Waals surface area contributed by atoms with Gasteiger partial charge in [-0.25, -0.2) is 0 Å². The van der Waals surface area contributed by atoms with E-state index in [0.29, 0.717) is 12.5 Å². The average Bonchev–Trinajstić information content (AvgIpc) is 2.25. The maximum Gasteiger partial charge on any atom is 0.306 e. The van der Waals surface area contributed by atoms with Crippen LogP contribution in [-0.4, -0.2) is 23.7 Å². The summed E-state index contributed by atoms with van der Waals surface area (Å²) in [7, 11) is 0. The standard InChI is InChI=1S/C11H18N2O2/c12-6-1-2-7-13-10-5-3-4-9(8-10)11(14)15/h9-10,13H,1-5,7-8H2,(H,14,15). The Balaban J connectivity index is 2.19. The third-order valence-electron chi connectivity index (χ3n) is 2.92. The van der Waals surface area contributed by atoms with E-state index in [1.165, 1.54) is 0 Å². The lowest BCUT2D eigenvalue weighted by atomic mass is 9.86. The van der Waals surface area contributed by atoms with E-state index in [1.54, 1.807) is 0 Å². The van der Waals surface area contributed by atoms with Crippen molar-refractivity contribution in [2.45, 2.75) is 44.6 Å². The fraction of sp³-hybridized carbons (Fsp3) is 0.818. The van der Waals surface area contributed by atoms with Crippen LogP contribution in [0.1, 0.15) is 38.5 Å². The van der Waals surface area contributed by atoms with E-state index >= 15 is 0 Å². The first kappa shape index (κ1) is 12.0. The van der Waals surface area contributed by atoms with Crippen molar-refractivity contribution < 1.29 is 9.90 Å². The molecule has 0 aromatic carbocycles. The van der Waals surface area contributed by atoms with E-state index in [1.807, 2.05) is 0 Å². The summed E-state index contributed by atoms with van der Waals surface area (Å²) < 4.78 is 0. The topological polar surface area (TPSA) is 73.1 Å². The van der Waals surface area contributed by atoms with Crippen molar-refractivity contribution in [1.82, 2.24) is 5.32 Å². The van der Waals surface area contributed by atoms with Gasteiger partial charge in [-0.15, -0.1) is 0 Å². The molecule has 0 aliphatic heterocycles. The van der Waals surface area contributed by atoms with Gasteiger partial charge in [0.25, 0.3) is 0 Å². The maximum atomic E-state index is 10.8. The van der Waals surface area contributed by atoms with Gasteiger partial charge in [-0.05, 0) is 32.2 Å². The number of nitrogens with zero attached hydrogens (tertiary/aromatic N) is 1. The predicted molar refractivity (Wildman–Crippen MR) is 56.2 cm³/mol. The quantitative estimate of drug-likeness (QED) is 0.675. The van der Waals surface area contributed by atoms with Crippen LogP contribution in [0.5, 0.6) is 0 Å². The fourth-order valence-electron chi connectivity index (χ4n) is 2.07. The Morgan fingerprint density at radius 2 is 2.33 bits per heavy atom. The molecule has 4 nitrogen and oxygen atoms in total. The molecule has 4 heteroatoms. The van der Waals surface area contributed by atoms with Gasteiger partial charge in [-0.2, -0.15) is 5.26 Å². The van der Waals surface area contributed by atoms with E-state index in [-0.39, 0.29) is 5.92 Å². The molecule has 0 heterocycles. The SMILES string of the molecule is N#CCCCNC1CCCC(C(=O)O)C1. The fourth-order valence-corrected chi connectivity index (χ4v) is 2.07. The highest BCUT2D eigenvalue weighted by molar-refractivity contribution is 5.70. The molecule has 0 aromatic rings. The van der Waals surface area contributed by atoms with Crippen molar-refractivity contribution in [3.8, 4) is 6.07 Å². The minimum atomic E-state index is -0.668. The zero-order valence-corrected chi connectivity index (χ0v) is 8.91. The number of hydrogen-bond donors (Lipinski definition) is 2. The summed E-state index contributed by atoms with van der Waals surface area (Å²) in [5.41, 5.74) is 0. The summed E-state index contributed by atoms with van der Waals surface area (Å²) in [4.78, 5) is 10.8. The summed E-state index contributed by atoms with van der Waals surface area (Å²) in [6, 6.07) is 2.43. The van der Waals surface area contributed by atoms with Crippen LogP contribution in [-0.2, 0) is 4.79 Å². The lowest BCUT2D eigenvalue weighted by Crippen LogP contribution is -2.36. The molecule has 1 rings (SSSR count). The molecule has 2 unspecified atom stereocenters. The van der Waals surface area contributed by atoms with E-state index < -0.39 is 5.97 Å². The monoisotopic (exact) mass is 210 g/mol. The molecule has 84 valence electrons. The largest absolute Gasteiger partial charge is 0.481 e. The van der Waals surface area contributed by atoms with Gasteiger partial charge >= 0.3 is 5.97 Å². The van der Waals surface area contributed by atoms with Gasteiger partial charge in [0, 0.05) is 12.5 Å². The van der Waals surface area contributed by atoms with Crippen LogP contribution in [0.4, 0.5) is 0 Å². The number of carboxylic acid groups (broad SMARTS) is 1. The molecule has 1 fully saturated rings.